The van der Waals surface area contributed by atoms with Crippen LogP contribution in [0, 0.1) is 11.3 Å². The lowest BCUT2D eigenvalue weighted by Crippen LogP contribution is -2.47. The number of hydrogen-bond donors (Lipinski definition) is 0. The molecule has 3 heteroatoms. The van der Waals surface area contributed by atoms with Gasteiger partial charge in [-0.3, -0.25) is 4.79 Å². The Hall–Kier alpha value is -0.570. The summed E-state index contributed by atoms with van der Waals surface area (Å²) >= 11 is 0. The molecule has 0 spiro atoms. The van der Waals surface area contributed by atoms with Gasteiger partial charge in [0.05, 0.1) is 12.6 Å². The maximum atomic E-state index is 12.5. The van der Waals surface area contributed by atoms with Gasteiger partial charge >= 0.3 is 0 Å². The molecule has 0 bridgehead atoms. The highest BCUT2D eigenvalue weighted by Gasteiger charge is 2.39. The van der Waals surface area contributed by atoms with Crippen molar-refractivity contribution in [2.45, 2.75) is 60.4 Å². The van der Waals surface area contributed by atoms with Crippen molar-refractivity contribution in [2.24, 2.45) is 11.3 Å². The smallest absolute Gasteiger partial charge is 0.228 e. The van der Waals surface area contributed by atoms with E-state index >= 15 is 0 Å². The quantitative estimate of drug-likeness (QED) is 0.773. The molecular weight excluding hydrogens is 226 g/mol. The van der Waals surface area contributed by atoms with Crippen LogP contribution in [0.4, 0.5) is 0 Å². The molecule has 1 atom stereocenters. The van der Waals surface area contributed by atoms with Gasteiger partial charge in [0.2, 0.25) is 5.91 Å². The fourth-order valence-electron chi connectivity index (χ4n) is 2.09. The molecule has 1 fully saturated rings. The number of likely N-dealkylation sites (tertiary alicyclic amines) is 1. The molecule has 0 aliphatic carbocycles. The van der Waals surface area contributed by atoms with Crippen molar-refractivity contribution in [3.8, 4) is 0 Å². The van der Waals surface area contributed by atoms with Crippen molar-refractivity contribution in [3.05, 3.63) is 0 Å². The van der Waals surface area contributed by atoms with Crippen LogP contribution < -0.4 is 0 Å². The zero-order valence-corrected chi connectivity index (χ0v) is 13.2. The minimum absolute atomic E-state index is 0.268. The van der Waals surface area contributed by atoms with E-state index in [-0.39, 0.29) is 17.4 Å². The monoisotopic (exact) mass is 257 g/mol. The number of ether oxygens (including phenoxy) is 1. The molecule has 0 N–H and O–H groups in total. The molecule has 0 aromatic rings. The fourth-order valence-corrected chi connectivity index (χ4v) is 2.09. The van der Waals surface area contributed by atoms with Crippen LogP contribution in [0.15, 0.2) is 0 Å². The number of hydrogen-bond acceptors (Lipinski definition) is 2. The molecule has 18 heavy (non-hydrogen) atoms. The van der Waals surface area contributed by atoms with Gasteiger partial charge in [-0.25, -0.2) is 0 Å². The average molecular weight is 257 g/mol. The summed E-state index contributed by atoms with van der Waals surface area (Å²) < 4.78 is 5.19. The van der Waals surface area contributed by atoms with Gasteiger partial charge in [0.15, 0.2) is 0 Å². The molecular formula is C15H31NO2. The number of nitrogens with zero attached hydrogens (tertiary/aromatic N) is 1. The molecule has 0 radical (unpaired) electrons. The summed E-state index contributed by atoms with van der Waals surface area (Å²) in [6.07, 6.45) is 2.18. The summed E-state index contributed by atoms with van der Waals surface area (Å²) in [5, 5.41) is 0. The van der Waals surface area contributed by atoms with Gasteiger partial charge in [-0.2, -0.15) is 0 Å². The van der Waals surface area contributed by atoms with Gasteiger partial charge < -0.3 is 9.64 Å². The van der Waals surface area contributed by atoms with Crippen LogP contribution in [0.2, 0.25) is 0 Å². The molecule has 3 nitrogen and oxygen atoms in total. The SMILES string of the molecule is CC.COCC1CCCN1C(=O)C(C)(C)C(C)C. The Morgan fingerprint density at radius 3 is 2.39 bits per heavy atom. The Bertz CT molecular complexity index is 249. The van der Waals surface area contributed by atoms with Crippen LogP contribution in [0.1, 0.15) is 54.4 Å². The summed E-state index contributed by atoms with van der Waals surface area (Å²) in [4.78, 5) is 14.5. The summed E-state index contributed by atoms with van der Waals surface area (Å²) in [5.74, 6) is 0.644. The Morgan fingerprint density at radius 1 is 1.39 bits per heavy atom. The first-order chi connectivity index (χ1) is 8.41. The predicted octanol–water partition coefficient (Wildman–Crippen LogP) is 3.33. The van der Waals surface area contributed by atoms with E-state index < -0.39 is 0 Å². The zero-order valence-electron chi connectivity index (χ0n) is 13.2. The first kappa shape index (κ1) is 17.4. The van der Waals surface area contributed by atoms with Crippen LogP contribution in [-0.4, -0.2) is 37.1 Å². The third kappa shape index (κ3) is 3.98. The molecule has 0 aromatic heterocycles. The molecule has 1 rings (SSSR count). The number of carbonyl (C=O) groups is 1. The van der Waals surface area contributed by atoms with Crippen molar-refractivity contribution in [2.75, 3.05) is 20.3 Å². The minimum Gasteiger partial charge on any atom is -0.383 e. The zero-order chi connectivity index (χ0) is 14.3. The Labute approximate surface area is 113 Å². The van der Waals surface area contributed by atoms with E-state index in [4.69, 9.17) is 4.74 Å². The highest BCUT2D eigenvalue weighted by molar-refractivity contribution is 5.82. The van der Waals surface area contributed by atoms with Gasteiger partial charge in [-0.15, -0.1) is 0 Å². The molecule has 1 amide bonds. The molecule has 0 aromatic carbocycles. The van der Waals surface area contributed by atoms with E-state index in [0.717, 1.165) is 19.4 Å². The van der Waals surface area contributed by atoms with Crippen molar-refractivity contribution in [1.29, 1.82) is 0 Å². The Kier molecular flexibility index (Phi) is 7.53. The van der Waals surface area contributed by atoms with Gasteiger partial charge in [0, 0.05) is 19.1 Å². The molecule has 1 heterocycles. The second-order valence-corrected chi connectivity index (χ2v) is 5.63. The van der Waals surface area contributed by atoms with Crippen LogP contribution in [0.3, 0.4) is 0 Å². The highest BCUT2D eigenvalue weighted by atomic mass is 16.5. The maximum Gasteiger partial charge on any atom is 0.228 e. The second-order valence-electron chi connectivity index (χ2n) is 5.63. The van der Waals surface area contributed by atoms with Crippen LogP contribution in [0.5, 0.6) is 0 Å². The summed E-state index contributed by atoms with van der Waals surface area (Å²) in [6.45, 7) is 13.9. The van der Waals surface area contributed by atoms with Gasteiger partial charge in [-0.05, 0) is 18.8 Å². The summed E-state index contributed by atoms with van der Waals surface area (Å²) in [5.41, 5.74) is -0.268. The maximum absolute atomic E-state index is 12.5. The van der Waals surface area contributed by atoms with Crippen molar-refractivity contribution in [3.63, 3.8) is 0 Å². The summed E-state index contributed by atoms with van der Waals surface area (Å²) in [6, 6.07) is 0.288. The van der Waals surface area contributed by atoms with Gasteiger partial charge in [-0.1, -0.05) is 41.5 Å². The molecule has 1 unspecified atom stereocenters. The molecule has 0 saturated carbocycles. The number of rotatable bonds is 4. The van der Waals surface area contributed by atoms with Gasteiger partial charge in [0.1, 0.15) is 0 Å². The van der Waals surface area contributed by atoms with Crippen molar-refractivity contribution in [1.82, 2.24) is 4.90 Å². The van der Waals surface area contributed by atoms with Crippen LogP contribution in [-0.2, 0) is 9.53 Å². The lowest BCUT2D eigenvalue weighted by atomic mass is 9.79. The summed E-state index contributed by atoms with van der Waals surface area (Å²) in [7, 11) is 1.70. The Morgan fingerprint density at radius 2 is 1.94 bits per heavy atom. The Balaban J connectivity index is 0.00000137. The molecule has 1 aliphatic heterocycles. The third-order valence-electron chi connectivity index (χ3n) is 3.99. The average Bonchev–Trinajstić information content (AvgIpc) is 2.79. The van der Waals surface area contributed by atoms with Crippen LogP contribution in [0.25, 0.3) is 0 Å². The number of methoxy groups -OCH3 is 1. The van der Waals surface area contributed by atoms with Gasteiger partial charge in [0.25, 0.3) is 0 Å². The lowest BCUT2D eigenvalue weighted by Gasteiger charge is -2.35. The van der Waals surface area contributed by atoms with E-state index in [1.165, 1.54) is 0 Å². The highest BCUT2D eigenvalue weighted by Crippen LogP contribution is 2.32. The molecule has 108 valence electrons. The molecule has 1 aliphatic rings. The van der Waals surface area contributed by atoms with Crippen LogP contribution >= 0.6 is 0 Å². The number of amides is 1. The third-order valence-corrected chi connectivity index (χ3v) is 3.99. The standard InChI is InChI=1S/C13H25NO2.C2H6/c1-10(2)13(3,4)12(15)14-8-6-7-11(14)9-16-5;1-2/h10-11H,6-9H2,1-5H3;1-2H3. The minimum atomic E-state index is -0.268. The normalized spacial score (nSPS) is 19.8. The van der Waals surface area contributed by atoms with E-state index in [1.807, 2.05) is 32.6 Å². The predicted molar refractivity (Wildman–Crippen MR) is 76.6 cm³/mol. The topological polar surface area (TPSA) is 29.5 Å². The molecule has 1 saturated heterocycles. The fraction of sp³-hybridized carbons (Fsp3) is 0.933. The van der Waals surface area contributed by atoms with E-state index in [9.17, 15) is 4.79 Å². The first-order valence-corrected chi connectivity index (χ1v) is 7.21. The largest absolute Gasteiger partial charge is 0.383 e. The lowest BCUT2D eigenvalue weighted by molar-refractivity contribution is -0.144. The van der Waals surface area contributed by atoms with Crippen molar-refractivity contribution >= 4 is 5.91 Å². The second kappa shape index (κ2) is 7.78. The van der Waals surface area contributed by atoms with E-state index in [0.29, 0.717) is 12.5 Å². The van der Waals surface area contributed by atoms with E-state index in [1.54, 1.807) is 7.11 Å². The number of carbonyl (C=O) groups excluding carboxylic acids is 1. The van der Waals surface area contributed by atoms with Crippen molar-refractivity contribution < 1.29 is 9.53 Å². The first-order valence-electron chi connectivity index (χ1n) is 7.21. The van der Waals surface area contributed by atoms with E-state index in [2.05, 4.69) is 13.8 Å².